The second-order valence-electron chi connectivity index (χ2n) is 29.7. The van der Waals surface area contributed by atoms with E-state index in [-0.39, 0.29) is 83.2 Å². The first-order valence-corrected chi connectivity index (χ1v) is 43.7. The third kappa shape index (κ3) is 33.6. The standard InChI is InChI=1S/C21H20ClN5O2.C20H25N5O2.C18H18N8O2.C18H21N5O2.C18H23N5O2/c1-2-23-21(29)27-19-12-18(25-15-6-4-3-5-7-15)17(13-24-19)20(28)26-16-10-8-14(22)9-11-16;1-2-21-20(27)25-18-12-17(23-14-8-4-3-5-9-14)16(13-22-18)19(26)24-15-10-6-7-11-15;1-2-21-18(28)26-17-22-11-14(16(27)24-13-6-4-8-20-10-13)15(25-17)23-12-5-3-7-19-9-12;1-2-19-18(25)23-16-10-15(21-12-6-4-3-5-7-12)14(11-20-16)17(24)22-13-8-9-13;1-4-19-18(25)23-16-10-15(22-13-8-6-5-7-9-13)14(11-20-16)17(24)21-12(2)3/h3-13H,2H2,1H3,(H,26,28)(H3,23,24,25,27,29);3-5,8-9,12-13,15H,2,6-7,10-11H2,1H3,(H,24,26)(H3,21,22,23,25,27);3-11H,2H2,1H3,(H,24,27)(H3,21,22,23,25,26,28);3-7,10-11,13H,2,8-9H2,1H3,(H,22,24)(H3,19,20,21,23,25);5-12H,4H2,1-3H3,(H,21,24)(H3,19,20,22,23,25). The monoisotopic (exact) mass is 1830 g/mol. The number of amides is 15. The van der Waals surface area contributed by atoms with E-state index in [0.717, 1.165) is 61.3 Å². The van der Waals surface area contributed by atoms with Crippen LogP contribution in [0.25, 0.3) is 0 Å². The van der Waals surface area contributed by atoms with Crippen LogP contribution in [0, 0.1) is 0 Å². The van der Waals surface area contributed by atoms with Crippen LogP contribution >= 0.6 is 11.6 Å². The van der Waals surface area contributed by atoms with Gasteiger partial charge in [-0.05, 0) is 171 Å². The van der Waals surface area contributed by atoms with Gasteiger partial charge in [-0.2, -0.15) is 4.98 Å². The molecule has 7 aromatic heterocycles. The molecule has 0 atom stereocenters. The summed E-state index contributed by atoms with van der Waals surface area (Å²) in [7, 11) is 0. The van der Waals surface area contributed by atoms with Crippen molar-refractivity contribution in [1.29, 1.82) is 0 Å². The predicted molar refractivity (Wildman–Crippen MR) is 523 cm³/mol. The number of carbonyl (C=O) groups is 10. The van der Waals surface area contributed by atoms with Crippen molar-refractivity contribution in [2.45, 2.75) is 105 Å². The van der Waals surface area contributed by atoms with Crippen LogP contribution < -0.4 is 106 Å². The van der Waals surface area contributed by atoms with Gasteiger partial charge in [-0.25, -0.2) is 48.9 Å². The summed E-state index contributed by atoms with van der Waals surface area (Å²) in [5.41, 5.74) is 9.14. The fourth-order valence-corrected chi connectivity index (χ4v) is 12.5. The summed E-state index contributed by atoms with van der Waals surface area (Å²) in [6, 6.07) is 57.0. The third-order valence-electron chi connectivity index (χ3n) is 18.7. The van der Waals surface area contributed by atoms with E-state index in [1.54, 1.807) is 98.3 Å². The summed E-state index contributed by atoms with van der Waals surface area (Å²) in [5, 5.41) is 57.2. The zero-order valence-corrected chi connectivity index (χ0v) is 75.5. The number of para-hydroxylation sites is 4. The number of anilines is 17. The fourth-order valence-electron chi connectivity index (χ4n) is 12.3. The van der Waals surface area contributed by atoms with Crippen molar-refractivity contribution < 1.29 is 47.9 Å². The average Bonchev–Trinajstić information content (AvgIpc) is 1.22. The van der Waals surface area contributed by atoms with E-state index in [4.69, 9.17) is 11.6 Å². The van der Waals surface area contributed by atoms with Gasteiger partial charge in [0.1, 0.15) is 34.7 Å². The van der Waals surface area contributed by atoms with E-state index in [1.807, 2.05) is 163 Å². The molecule has 5 aromatic carbocycles. The molecule has 7 heterocycles. The van der Waals surface area contributed by atoms with Gasteiger partial charge in [-0.1, -0.05) is 97.2 Å². The molecule has 0 radical (unpaired) electrons. The van der Waals surface area contributed by atoms with Gasteiger partial charge in [0.2, 0.25) is 5.95 Å². The SMILES string of the molecule is CCNC(=O)Nc1cc(Nc2ccccc2)c(C(=O)NC(C)C)cn1.CCNC(=O)Nc1cc(Nc2ccccc2)c(C(=O)NC2CC2)cn1.CCNC(=O)Nc1cc(Nc2ccccc2)c(C(=O)NC2CCCC2)cn1.CCNC(=O)Nc1cc(Nc2ccccc2)c(C(=O)Nc2ccc(Cl)cc2)cn1.CCNC(=O)Nc1ncc(C(=O)Nc2cccnc2)c(Nc2cccnc2)n1. The molecular formula is C95H107ClN28O10. The molecule has 12 aromatic rings. The third-order valence-corrected chi connectivity index (χ3v) is 18.9. The maximum atomic E-state index is 12.8. The number of nitrogens with one attached hydrogen (secondary N) is 20. The number of urea groups is 5. The molecule has 0 bridgehead atoms. The molecule has 0 spiro atoms. The van der Waals surface area contributed by atoms with Crippen molar-refractivity contribution in [2.75, 3.05) is 96.5 Å². The van der Waals surface area contributed by atoms with Crippen LogP contribution in [0.2, 0.25) is 5.02 Å². The van der Waals surface area contributed by atoms with Gasteiger partial charge >= 0.3 is 30.2 Å². The number of rotatable bonds is 30. The van der Waals surface area contributed by atoms with Gasteiger partial charge in [0.05, 0.1) is 68.8 Å². The lowest BCUT2D eigenvalue weighted by molar-refractivity contribution is 0.0931. The van der Waals surface area contributed by atoms with Crippen LogP contribution in [-0.2, 0) is 0 Å². The number of benzene rings is 5. The molecule has 0 saturated heterocycles. The average molecular weight is 1840 g/mol. The van der Waals surface area contributed by atoms with Gasteiger partial charge in [0, 0.05) is 152 Å². The molecule has 2 fully saturated rings. The summed E-state index contributed by atoms with van der Waals surface area (Å²) < 4.78 is 0. The van der Waals surface area contributed by atoms with E-state index in [0.29, 0.717) is 123 Å². The number of pyridine rings is 6. The number of halogens is 1. The van der Waals surface area contributed by atoms with Crippen LogP contribution in [0.5, 0.6) is 0 Å². The zero-order chi connectivity index (χ0) is 95.4. The first kappa shape index (κ1) is 99.2. The van der Waals surface area contributed by atoms with Gasteiger partial charge in [0.25, 0.3) is 29.5 Å². The molecule has 2 aliphatic rings. The highest BCUT2D eigenvalue weighted by molar-refractivity contribution is 6.30. The van der Waals surface area contributed by atoms with E-state index in [9.17, 15) is 47.9 Å². The van der Waals surface area contributed by atoms with Crippen LogP contribution in [0.1, 0.15) is 139 Å². The largest absolute Gasteiger partial charge is 0.355 e. The molecule has 694 valence electrons. The van der Waals surface area contributed by atoms with Crippen LogP contribution in [0.3, 0.4) is 0 Å². The number of carbonyl (C=O) groups excluding carboxylic acids is 10. The molecule has 134 heavy (non-hydrogen) atoms. The van der Waals surface area contributed by atoms with E-state index in [1.165, 1.54) is 37.2 Å². The van der Waals surface area contributed by atoms with Gasteiger partial charge in [0.15, 0.2) is 0 Å². The van der Waals surface area contributed by atoms with E-state index >= 15 is 0 Å². The van der Waals surface area contributed by atoms with Crippen molar-refractivity contribution in [2.24, 2.45) is 0 Å². The van der Waals surface area contributed by atoms with Gasteiger partial charge in [-0.15, -0.1) is 0 Å². The minimum atomic E-state index is -0.442. The highest BCUT2D eigenvalue weighted by Crippen LogP contribution is 2.31. The fraction of sp³-hybridized carbons (Fsp3) is 0.221. The molecule has 20 N–H and O–H groups in total. The number of nitrogens with zero attached hydrogens (tertiary/aromatic N) is 8. The van der Waals surface area contributed by atoms with E-state index < -0.39 is 11.9 Å². The Hall–Kier alpha value is -16.9. The zero-order valence-electron chi connectivity index (χ0n) is 74.7. The highest BCUT2D eigenvalue weighted by Gasteiger charge is 2.27. The topological polar surface area (TPSA) is 514 Å². The Balaban J connectivity index is 0.000000174. The van der Waals surface area contributed by atoms with E-state index in [2.05, 4.69) is 146 Å². The van der Waals surface area contributed by atoms with Crippen molar-refractivity contribution >= 4 is 169 Å². The molecule has 15 amide bonds. The maximum absolute atomic E-state index is 12.8. The Bertz CT molecular complexity index is 5760. The van der Waals surface area contributed by atoms with Crippen molar-refractivity contribution in [3.8, 4) is 0 Å². The second-order valence-corrected chi connectivity index (χ2v) is 30.1. The normalized spacial score (nSPS) is 11.4. The molecule has 14 rings (SSSR count). The maximum Gasteiger partial charge on any atom is 0.321 e. The lowest BCUT2D eigenvalue weighted by atomic mass is 10.1. The molecule has 38 nitrogen and oxygen atoms in total. The summed E-state index contributed by atoms with van der Waals surface area (Å²) in [5.74, 6) is 0.353. The summed E-state index contributed by atoms with van der Waals surface area (Å²) in [6.07, 6.45) is 19.9. The first-order chi connectivity index (χ1) is 65.0. The van der Waals surface area contributed by atoms with Crippen LogP contribution in [0.4, 0.5) is 122 Å². The predicted octanol–water partition coefficient (Wildman–Crippen LogP) is 16.9. The van der Waals surface area contributed by atoms with Gasteiger partial charge < -0.3 is 79.8 Å². The Morgan fingerprint density at radius 3 is 0.993 bits per heavy atom. The van der Waals surface area contributed by atoms with Crippen molar-refractivity contribution in [3.05, 3.63) is 283 Å². The Kier molecular flexibility index (Phi) is 38.9. The summed E-state index contributed by atoms with van der Waals surface area (Å²) in [6.45, 7) is 15.4. The lowest BCUT2D eigenvalue weighted by Gasteiger charge is -2.16. The number of aromatic nitrogens is 8. The number of hydrogen-bond acceptors (Lipinski definition) is 23. The lowest BCUT2D eigenvalue weighted by Crippen LogP contribution is -2.33. The van der Waals surface area contributed by atoms with Crippen LogP contribution in [0.15, 0.2) is 250 Å². The molecule has 2 aliphatic carbocycles. The Labute approximate surface area is 779 Å². The Morgan fingerprint density at radius 1 is 0.321 bits per heavy atom. The van der Waals surface area contributed by atoms with Crippen LogP contribution in [-0.4, -0.2) is 150 Å². The second kappa shape index (κ2) is 52.5. The summed E-state index contributed by atoms with van der Waals surface area (Å²) in [4.78, 5) is 155. The molecular weight excluding hydrogens is 1730 g/mol. The quantitative estimate of drug-likeness (QED) is 0.0199. The molecule has 39 heteroatoms. The minimum Gasteiger partial charge on any atom is -0.355 e. The molecule has 0 unspecified atom stereocenters. The minimum absolute atomic E-state index is 0.00482. The van der Waals surface area contributed by atoms with Crippen molar-refractivity contribution in [1.82, 2.24) is 82.4 Å². The molecule has 2 saturated carbocycles. The smallest absolute Gasteiger partial charge is 0.321 e. The summed E-state index contributed by atoms with van der Waals surface area (Å²) >= 11 is 5.89. The number of hydrogen-bond donors (Lipinski definition) is 20. The van der Waals surface area contributed by atoms with Crippen molar-refractivity contribution in [3.63, 3.8) is 0 Å². The van der Waals surface area contributed by atoms with Gasteiger partial charge in [-0.3, -0.25) is 60.5 Å². The Morgan fingerprint density at radius 2 is 0.642 bits per heavy atom. The molecule has 0 aliphatic heterocycles. The first-order valence-electron chi connectivity index (χ1n) is 43.3. The highest BCUT2D eigenvalue weighted by atomic mass is 35.5.